The van der Waals surface area contributed by atoms with Crippen LogP contribution in [0, 0.1) is 0 Å². The fourth-order valence-electron chi connectivity index (χ4n) is 2.22. The van der Waals surface area contributed by atoms with Crippen LogP contribution in [0.1, 0.15) is 67.2 Å². The van der Waals surface area contributed by atoms with Crippen LogP contribution in [0.2, 0.25) is 0 Å². The first kappa shape index (κ1) is 14.0. The molecule has 0 rings (SSSR count). The summed E-state index contributed by atoms with van der Waals surface area (Å²) in [5, 5.41) is 0. The van der Waals surface area contributed by atoms with Gasteiger partial charge in [-0.2, -0.15) is 0 Å². The predicted molar refractivity (Wildman–Crippen MR) is 65.7 cm³/mol. The lowest BCUT2D eigenvalue weighted by atomic mass is 9.98. The highest BCUT2D eigenvalue weighted by Gasteiger charge is 2.26. The minimum Gasteiger partial charge on any atom is -0.296 e. The summed E-state index contributed by atoms with van der Waals surface area (Å²) in [7, 11) is 0. The van der Waals surface area contributed by atoms with Crippen LogP contribution in [-0.2, 0) is 0 Å². The standard InChI is InChI=1S/C13H29N/c1-7-10-12(9-3)14(11-8-2)13(4,5)6/h12H,7-11H2,1-6H3. The smallest absolute Gasteiger partial charge is 0.0127 e. The summed E-state index contributed by atoms with van der Waals surface area (Å²) in [5.41, 5.74) is 0.325. The van der Waals surface area contributed by atoms with Gasteiger partial charge in [-0.25, -0.2) is 0 Å². The van der Waals surface area contributed by atoms with Crippen molar-refractivity contribution >= 4 is 0 Å². The second kappa shape index (κ2) is 6.44. The van der Waals surface area contributed by atoms with Crippen molar-refractivity contribution < 1.29 is 0 Å². The van der Waals surface area contributed by atoms with Crippen LogP contribution >= 0.6 is 0 Å². The largest absolute Gasteiger partial charge is 0.296 e. The van der Waals surface area contributed by atoms with Gasteiger partial charge < -0.3 is 0 Å². The molecule has 0 aromatic heterocycles. The van der Waals surface area contributed by atoms with E-state index >= 15 is 0 Å². The van der Waals surface area contributed by atoms with Crippen molar-refractivity contribution in [3.8, 4) is 0 Å². The van der Waals surface area contributed by atoms with Gasteiger partial charge in [0.1, 0.15) is 0 Å². The van der Waals surface area contributed by atoms with E-state index in [0.29, 0.717) is 5.54 Å². The van der Waals surface area contributed by atoms with Gasteiger partial charge in [0.05, 0.1) is 0 Å². The van der Waals surface area contributed by atoms with Crippen molar-refractivity contribution in [1.29, 1.82) is 0 Å². The fraction of sp³-hybridized carbons (Fsp3) is 1.00. The Bertz CT molecular complexity index is 135. The summed E-state index contributed by atoms with van der Waals surface area (Å²) in [6.07, 6.45) is 5.19. The molecule has 1 nitrogen and oxygen atoms in total. The third-order valence-corrected chi connectivity index (χ3v) is 2.86. The maximum atomic E-state index is 2.68. The Hall–Kier alpha value is -0.0400. The highest BCUT2D eigenvalue weighted by Crippen LogP contribution is 2.22. The summed E-state index contributed by atoms with van der Waals surface area (Å²) in [6, 6.07) is 0.778. The molecule has 0 amide bonds. The average molecular weight is 199 g/mol. The molecule has 0 heterocycles. The van der Waals surface area contributed by atoms with Crippen LogP contribution in [0.5, 0.6) is 0 Å². The molecular weight excluding hydrogens is 170 g/mol. The predicted octanol–water partition coefficient (Wildman–Crippen LogP) is 4.08. The van der Waals surface area contributed by atoms with Gasteiger partial charge in [-0.05, 0) is 46.6 Å². The van der Waals surface area contributed by atoms with E-state index in [1.54, 1.807) is 0 Å². The van der Waals surface area contributed by atoms with Crippen LogP contribution in [0.4, 0.5) is 0 Å². The van der Waals surface area contributed by atoms with Crippen molar-refractivity contribution in [2.45, 2.75) is 78.8 Å². The third kappa shape index (κ3) is 4.45. The van der Waals surface area contributed by atoms with Crippen molar-refractivity contribution in [3.05, 3.63) is 0 Å². The molecule has 0 radical (unpaired) electrons. The Morgan fingerprint density at radius 2 is 1.57 bits per heavy atom. The Balaban J connectivity index is 4.43. The quantitative estimate of drug-likeness (QED) is 0.623. The molecule has 0 bridgehead atoms. The van der Waals surface area contributed by atoms with Gasteiger partial charge >= 0.3 is 0 Å². The Morgan fingerprint density at radius 3 is 1.86 bits per heavy atom. The van der Waals surface area contributed by atoms with E-state index in [-0.39, 0.29) is 0 Å². The molecule has 0 saturated heterocycles. The first-order valence-electron chi connectivity index (χ1n) is 6.24. The van der Waals surface area contributed by atoms with E-state index < -0.39 is 0 Å². The SMILES string of the molecule is CCCC(CC)N(CCC)C(C)(C)C. The number of rotatable bonds is 6. The monoisotopic (exact) mass is 199 g/mol. The molecule has 0 aliphatic heterocycles. The van der Waals surface area contributed by atoms with E-state index in [1.807, 2.05) is 0 Å². The zero-order chi connectivity index (χ0) is 11.2. The molecule has 0 aliphatic carbocycles. The molecule has 0 spiro atoms. The lowest BCUT2D eigenvalue weighted by Crippen LogP contribution is -2.48. The first-order valence-corrected chi connectivity index (χ1v) is 6.24. The normalized spacial score (nSPS) is 14.8. The minimum atomic E-state index is 0.325. The van der Waals surface area contributed by atoms with Gasteiger partial charge in [-0.3, -0.25) is 4.90 Å². The molecule has 1 atom stereocenters. The molecule has 1 unspecified atom stereocenters. The van der Waals surface area contributed by atoms with Gasteiger partial charge in [-0.15, -0.1) is 0 Å². The summed E-state index contributed by atoms with van der Waals surface area (Å²) in [4.78, 5) is 2.68. The van der Waals surface area contributed by atoms with E-state index in [2.05, 4.69) is 46.4 Å². The Labute approximate surface area is 90.9 Å². The second-order valence-electron chi connectivity index (χ2n) is 5.21. The van der Waals surface area contributed by atoms with E-state index in [1.165, 1.54) is 32.2 Å². The molecule has 0 N–H and O–H groups in total. The molecule has 0 aliphatic rings. The van der Waals surface area contributed by atoms with E-state index in [4.69, 9.17) is 0 Å². The molecule has 0 aromatic carbocycles. The molecule has 0 aromatic rings. The molecule has 0 saturated carbocycles. The van der Waals surface area contributed by atoms with Crippen LogP contribution in [0.15, 0.2) is 0 Å². The second-order valence-corrected chi connectivity index (χ2v) is 5.21. The highest BCUT2D eigenvalue weighted by molar-refractivity contribution is 4.82. The van der Waals surface area contributed by atoms with Crippen LogP contribution in [0.3, 0.4) is 0 Å². The number of hydrogen-bond donors (Lipinski definition) is 0. The summed E-state index contributed by atoms with van der Waals surface area (Å²) in [5.74, 6) is 0. The zero-order valence-electron chi connectivity index (χ0n) is 11.1. The zero-order valence-corrected chi connectivity index (χ0v) is 11.1. The number of hydrogen-bond acceptors (Lipinski definition) is 1. The van der Waals surface area contributed by atoms with Crippen molar-refractivity contribution in [2.75, 3.05) is 6.54 Å². The van der Waals surface area contributed by atoms with Crippen LogP contribution in [0.25, 0.3) is 0 Å². The van der Waals surface area contributed by atoms with Crippen molar-refractivity contribution in [3.63, 3.8) is 0 Å². The van der Waals surface area contributed by atoms with Crippen LogP contribution < -0.4 is 0 Å². The van der Waals surface area contributed by atoms with Gasteiger partial charge in [0.15, 0.2) is 0 Å². The maximum Gasteiger partial charge on any atom is 0.0127 e. The van der Waals surface area contributed by atoms with Gasteiger partial charge in [-0.1, -0.05) is 27.2 Å². The lowest BCUT2D eigenvalue weighted by Gasteiger charge is -2.41. The fourth-order valence-corrected chi connectivity index (χ4v) is 2.22. The summed E-state index contributed by atoms with van der Waals surface area (Å²) in [6.45, 7) is 15.1. The molecular formula is C13H29N. The topological polar surface area (TPSA) is 3.24 Å². The van der Waals surface area contributed by atoms with Crippen molar-refractivity contribution in [1.82, 2.24) is 4.90 Å². The van der Waals surface area contributed by atoms with E-state index in [0.717, 1.165) is 6.04 Å². The van der Waals surface area contributed by atoms with E-state index in [9.17, 15) is 0 Å². The highest BCUT2D eigenvalue weighted by atomic mass is 15.2. The Morgan fingerprint density at radius 1 is 1.00 bits per heavy atom. The van der Waals surface area contributed by atoms with Crippen LogP contribution in [-0.4, -0.2) is 23.0 Å². The Kier molecular flexibility index (Phi) is 6.43. The number of nitrogens with zero attached hydrogens (tertiary/aromatic N) is 1. The third-order valence-electron chi connectivity index (χ3n) is 2.86. The summed E-state index contributed by atoms with van der Waals surface area (Å²) < 4.78 is 0. The van der Waals surface area contributed by atoms with Gasteiger partial charge in [0, 0.05) is 11.6 Å². The molecule has 1 heteroatoms. The minimum absolute atomic E-state index is 0.325. The van der Waals surface area contributed by atoms with Crippen molar-refractivity contribution in [2.24, 2.45) is 0 Å². The molecule has 0 fully saturated rings. The van der Waals surface area contributed by atoms with Gasteiger partial charge in [0.25, 0.3) is 0 Å². The molecule has 14 heavy (non-hydrogen) atoms. The molecule has 86 valence electrons. The summed E-state index contributed by atoms with van der Waals surface area (Å²) >= 11 is 0. The first-order chi connectivity index (χ1) is 6.47. The lowest BCUT2D eigenvalue weighted by molar-refractivity contribution is 0.0737. The average Bonchev–Trinajstić information content (AvgIpc) is 2.09. The maximum absolute atomic E-state index is 2.68. The van der Waals surface area contributed by atoms with Gasteiger partial charge in [0.2, 0.25) is 0 Å².